The van der Waals surface area contributed by atoms with Crippen LogP contribution in [0.15, 0.2) is 41.5 Å². The lowest BCUT2D eigenvalue weighted by atomic mass is 9.87. The summed E-state index contributed by atoms with van der Waals surface area (Å²) in [4.78, 5) is 11.6. The number of piperidine rings is 1. The van der Waals surface area contributed by atoms with Gasteiger partial charge in [-0.25, -0.2) is 9.98 Å². The zero-order valence-corrected chi connectivity index (χ0v) is 13.0. The predicted octanol–water partition coefficient (Wildman–Crippen LogP) is 2.50. The molecule has 5 nitrogen and oxygen atoms in total. The predicted molar refractivity (Wildman–Crippen MR) is 90.6 cm³/mol. The molecule has 2 bridgehead atoms. The highest BCUT2D eigenvalue weighted by Gasteiger charge is 2.52. The zero-order chi connectivity index (χ0) is 15.3. The first kappa shape index (κ1) is 13.3. The van der Waals surface area contributed by atoms with Crippen molar-refractivity contribution >= 4 is 22.6 Å². The third-order valence-corrected chi connectivity index (χ3v) is 5.40. The Morgan fingerprint density at radius 3 is 3.09 bits per heavy atom. The number of hydrogen-bond donors (Lipinski definition) is 1. The largest absolute Gasteiger partial charge is 0.455 e. The Morgan fingerprint density at radius 2 is 2.17 bits per heavy atom. The van der Waals surface area contributed by atoms with Gasteiger partial charge in [-0.15, -0.1) is 0 Å². The van der Waals surface area contributed by atoms with Gasteiger partial charge in [0.2, 0.25) is 0 Å². The van der Waals surface area contributed by atoms with Gasteiger partial charge in [-0.2, -0.15) is 0 Å². The molecule has 2 fully saturated rings. The number of rotatable bonds is 1. The van der Waals surface area contributed by atoms with E-state index in [-0.39, 0.29) is 5.60 Å². The Morgan fingerprint density at radius 1 is 1.26 bits per heavy atom. The Hall–Kier alpha value is -2.14. The summed E-state index contributed by atoms with van der Waals surface area (Å²) in [5.41, 5.74) is -0.102. The molecule has 0 amide bonds. The number of anilines is 1. The van der Waals surface area contributed by atoms with Crippen LogP contribution in [-0.2, 0) is 4.74 Å². The number of ether oxygens (including phenoxy) is 1. The fourth-order valence-corrected chi connectivity index (χ4v) is 4.22. The molecule has 118 valence electrons. The van der Waals surface area contributed by atoms with Gasteiger partial charge in [-0.05, 0) is 30.8 Å². The second-order valence-electron chi connectivity index (χ2n) is 6.90. The van der Waals surface area contributed by atoms with Gasteiger partial charge in [0.15, 0.2) is 0 Å². The molecule has 1 unspecified atom stereocenters. The van der Waals surface area contributed by atoms with E-state index in [1.165, 1.54) is 24.8 Å². The van der Waals surface area contributed by atoms with E-state index in [1.807, 2.05) is 24.4 Å². The summed E-state index contributed by atoms with van der Waals surface area (Å²) in [7, 11) is 0. The maximum absolute atomic E-state index is 6.30. The number of amidine groups is 1. The summed E-state index contributed by atoms with van der Waals surface area (Å²) >= 11 is 0. The molecule has 1 spiro atoms. The second-order valence-corrected chi connectivity index (χ2v) is 6.90. The average molecular weight is 308 g/mol. The highest BCUT2D eigenvalue weighted by molar-refractivity contribution is 5.92. The second kappa shape index (κ2) is 4.93. The van der Waals surface area contributed by atoms with Crippen molar-refractivity contribution in [1.29, 1.82) is 0 Å². The van der Waals surface area contributed by atoms with Crippen LogP contribution in [0, 0.1) is 5.92 Å². The SMILES string of the molecule is c1ccc2cc(NC3=NC[C@@]4(CN5CCC[C@H]4C5)O3)ncc2c1. The maximum Gasteiger partial charge on any atom is 0.291 e. The minimum Gasteiger partial charge on any atom is -0.455 e. The number of fused-ring (bicyclic) bond motifs is 4. The Balaban J connectivity index is 1.35. The minimum atomic E-state index is -0.102. The summed E-state index contributed by atoms with van der Waals surface area (Å²) < 4.78 is 6.30. The molecule has 4 heterocycles. The van der Waals surface area contributed by atoms with E-state index in [0.717, 1.165) is 30.8 Å². The van der Waals surface area contributed by atoms with Crippen molar-refractivity contribution in [2.45, 2.75) is 18.4 Å². The van der Waals surface area contributed by atoms with Crippen LogP contribution in [0.3, 0.4) is 0 Å². The summed E-state index contributed by atoms with van der Waals surface area (Å²) in [6.07, 6.45) is 4.43. The maximum atomic E-state index is 6.30. The van der Waals surface area contributed by atoms with E-state index in [9.17, 15) is 0 Å². The van der Waals surface area contributed by atoms with Crippen LogP contribution in [-0.4, -0.2) is 47.7 Å². The number of hydrogen-bond acceptors (Lipinski definition) is 5. The van der Waals surface area contributed by atoms with Crippen molar-refractivity contribution in [3.8, 4) is 0 Å². The smallest absolute Gasteiger partial charge is 0.291 e. The van der Waals surface area contributed by atoms with E-state index in [0.29, 0.717) is 11.9 Å². The molecule has 1 aromatic heterocycles. The van der Waals surface area contributed by atoms with Crippen LogP contribution >= 0.6 is 0 Å². The Bertz CT molecular complexity index is 789. The number of pyridine rings is 1. The molecule has 3 aliphatic heterocycles. The van der Waals surface area contributed by atoms with Crippen LogP contribution in [0.5, 0.6) is 0 Å². The van der Waals surface area contributed by atoms with Gasteiger partial charge in [0, 0.05) is 30.6 Å². The summed E-state index contributed by atoms with van der Waals surface area (Å²) in [6, 6.07) is 10.9. The van der Waals surface area contributed by atoms with Gasteiger partial charge in [-0.1, -0.05) is 24.3 Å². The van der Waals surface area contributed by atoms with E-state index in [2.05, 4.69) is 32.3 Å². The summed E-state index contributed by atoms with van der Waals surface area (Å²) in [5.74, 6) is 1.41. The molecule has 23 heavy (non-hydrogen) atoms. The molecule has 1 aromatic carbocycles. The minimum absolute atomic E-state index is 0.102. The fraction of sp³-hybridized carbons (Fsp3) is 0.444. The quantitative estimate of drug-likeness (QED) is 0.879. The highest BCUT2D eigenvalue weighted by Crippen LogP contribution is 2.40. The molecule has 5 rings (SSSR count). The lowest BCUT2D eigenvalue weighted by Crippen LogP contribution is -2.41. The molecule has 0 radical (unpaired) electrons. The van der Waals surface area contributed by atoms with Gasteiger partial charge in [0.25, 0.3) is 6.02 Å². The highest BCUT2D eigenvalue weighted by atomic mass is 16.5. The first-order valence-corrected chi connectivity index (χ1v) is 8.38. The van der Waals surface area contributed by atoms with Crippen LogP contribution < -0.4 is 5.32 Å². The number of aromatic nitrogens is 1. The van der Waals surface area contributed by atoms with Gasteiger partial charge in [0.05, 0.1) is 6.54 Å². The summed E-state index contributed by atoms with van der Waals surface area (Å²) in [5, 5.41) is 5.57. The van der Waals surface area contributed by atoms with Crippen LogP contribution in [0.4, 0.5) is 5.82 Å². The van der Waals surface area contributed by atoms with E-state index in [4.69, 9.17) is 4.74 Å². The fourth-order valence-electron chi connectivity index (χ4n) is 4.22. The molecule has 3 atom stereocenters. The first-order chi connectivity index (χ1) is 11.3. The van der Waals surface area contributed by atoms with Gasteiger partial charge >= 0.3 is 0 Å². The van der Waals surface area contributed by atoms with Crippen LogP contribution in [0.2, 0.25) is 0 Å². The summed E-state index contributed by atoms with van der Waals surface area (Å²) in [6.45, 7) is 4.15. The molecule has 0 saturated carbocycles. The number of nitrogens with zero attached hydrogens (tertiary/aromatic N) is 3. The third kappa shape index (κ3) is 2.18. The van der Waals surface area contributed by atoms with Crippen LogP contribution in [0.1, 0.15) is 12.8 Å². The van der Waals surface area contributed by atoms with Crippen molar-refractivity contribution in [2.75, 3.05) is 31.5 Å². The molecular weight excluding hydrogens is 288 g/mol. The average Bonchev–Trinajstić information content (AvgIpc) is 3.08. The Kier molecular flexibility index (Phi) is 2.85. The number of benzene rings is 1. The Labute approximate surface area is 135 Å². The molecule has 2 aromatic rings. The van der Waals surface area contributed by atoms with E-state index in [1.54, 1.807) is 0 Å². The van der Waals surface area contributed by atoms with Crippen molar-refractivity contribution in [3.63, 3.8) is 0 Å². The van der Waals surface area contributed by atoms with E-state index >= 15 is 0 Å². The van der Waals surface area contributed by atoms with Gasteiger partial charge in [-0.3, -0.25) is 10.2 Å². The van der Waals surface area contributed by atoms with Gasteiger partial charge < -0.3 is 4.74 Å². The number of aliphatic imine (C=N–C) groups is 1. The molecule has 3 aliphatic rings. The third-order valence-electron chi connectivity index (χ3n) is 5.40. The zero-order valence-electron chi connectivity index (χ0n) is 13.0. The van der Waals surface area contributed by atoms with E-state index < -0.39 is 0 Å². The normalized spacial score (nSPS) is 32.1. The molecular formula is C18H20N4O. The molecule has 1 N–H and O–H groups in total. The number of nitrogens with one attached hydrogen (secondary N) is 1. The topological polar surface area (TPSA) is 49.8 Å². The monoisotopic (exact) mass is 308 g/mol. The standard InChI is InChI=1S/C18H20N4O/c1-2-5-14-9-19-16(8-13(14)4-1)21-17-20-11-18(23-17)12-22-7-3-6-15(18)10-22/h1-2,4-5,8-9,15H,3,6-7,10-12H2,(H,19,20,21)/t15-,18-/m0/s1. The lowest BCUT2D eigenvalue weighted by molar-refractivity contribution is 0.0588. The molecule has 5 heteroatoms. The van der Waals surface area contributed by atoms with Crippen LogP contribution in [0.25, 0.3) is 10.8 Å². The van der Waals surface area contributed by atoms with Crippen molar-refractivity contribution < 1.29 is 4.74 Å². The molecule has 2 saturated heterocycles. The van der Waals surface area contributed by atoms with Crippen molar-refractivity contribution in [3.05, 3.63) is 36.5 Å². The first-order valence-electron chi connectivity index (χ1n) is 8.38. The van der Waals surface area contributed by atoms with Crippen molar-refractivity contribution in [1.82, 2.24) is 9.88 Å². The molecule has 0 aliphatic carbocycles. The van der Waals surface area contributed by atoms with Gasteiger partial charge in [0.1, 0.15) is 11.4 Å². The van der Waals surface area contributed by atoms with Crippen molar-refractivity contribution in [2.24, 2.45) is 10.9 Å². The lowest BCUT2D eigenvalue weighted by Gasteiger charge is -2.28.